The highest BCUT2D eigenvalue weighted by atomic mass is 28.4. The Hall–Kier alpha value is 0.0169. The van der Waals surface area contributed by atoms with E-state index < -0.39 is 8.56 Å². The second-order valence-corrected chi connectivity index (χ2v) is 10.6. The van der Waals surface area contributed by atoms with Gasteiger partial charge in [0.2, 0.25) is 0 Å². The summed E-state index contributed by atoms with van der Waals surface area (Å²) in [5.74, 6) is 0. The highest BCUT2D eigenvalue weighted by Gasteiger charge is 2.43. The third-order valence-corrected chi connectivity index (χ3v) is 8.11. The van der Waals surface area contributed by atoms with E-state index in [0.717, 1.165) is 45.3 Å². The SMILES string of the molecule is CCN(C)CC(CN(C)CC)(CN(C)CC)C[Si](C)(OC)OC. The molecule has 0 saturated heterocycles. The minimum atomic E-state index is -2.15. The zero-order chi connectivity index (χ0) is 18.1. The topological polar surface area (TPSA) is 28.2 Å². The van der Waals surface area contributed by atoms with Crippen molar-refractivity contribution in [1.29, 1.82) is 0 Å². The lowest BCUT2D eigenvalue weighted by molar-refractivity contribution is 0.0869. The van der Waals surface area contributed by atoms with Gasteiger partial charge in [-0.25, -0.2) is 0 Å². The van der Waals surface area contributed by atoms with E-state index in [1.165, 1.54) is 0 Å². The molecule has 6 heteroatoms. The van der Waals surface area contributed by atoms with E-state index >= 15 is 0 Å². The van der Waals surface area contributed by atoms with Crippen LogP contribution >= 0.6 is 0 Å². The molecule has 0 aliphatic carbocycles. The molecular weight excluding hydrogens is 306 g/mol. The summed E-state index contributed by atoms with van der Waals surface area (Å²) in [6, 6.07) is 1.01. The van der Waals surface area contributed by atoms with Crippen LogP contribution in [0.5, 0.6) is 0 Å². The van der Waals surface area contributed by atoms with Gasteiger partial charge in [-0.2, -0.15) is 0 Å². The summed E-state index contributed by atoms with van der Waals surface area (Å²) in [6.45, 7) is 15.2. The molecule has 0 bridgehead atoms. The third kappa shape index (κ3) is 8.09. The Morgan fingerprint density at radius 2 is 1.04 bits per heavy atom. The van der Waals surface area contributed by atoms with Gasteiger partial charge in [-0.15, -0.1) is 0 Å². The van der Waals surface area contributed by atoms with Crippen molar-refractivity contribution >= 4 is 8.56 Å². The van der Waals surface area contributed by atoms with Crippen LogP contribution < -0.4 is 0 Å². The van der Waals surface area contributed by atoms with E-state index in [1.807, 2.05) is 0 Å². The van der Waals surface area contributed by atoms with Gasteiger partial charge in [-0.3, -0.25) is 0 Å². The van der Waals surface area contributed by atoms with Crippen molar-refractivity contribution in [3.63, 3.8) is 0 Å². The molecule has 0 fully saturated rings. The molecule has 0 saturated carbocycles. The molecule has 5 nitrogen and oxygen atoms in total. The van der Waals surface area contributed by atoms with E-state index in [2.05, 4.69) is 63.2 Å². The molecule has 0 aromatic carbocycles. The second kappa shape index (κ2) is 10.8. The molecule has 0 amide bonds. The van der Waals surface area contributed by atoms with Crippen LogP contribution in [0.3, 0.4) is 0 Å². The van der Waals surface area contributed by atoms with Crippen LogP contribution in [-0.4, -0.2) is 97.9 Å². The predicted octanol–water partition coefficient (Wildman–Crippen LogP) is 2.19. The Balaban J connectivity index is 5.59. The Bertz CT molecular complexity index is 283. The zero-order valence-electron chi connectivity index (χ0n) is 17.1. The summed E-state index contributed by atoms with van der Waals surface area (Å²) in [7, 11) is 8.09. The van der Waals surface area contributed by atoms with Crippen LogP contribution in [0.4, 0.5) is 0 Å². The predicted molar refractivity (Wildman–Crippen MR) is 102 cm³/mol. The summed E-state index contributed by atoms with van der Waals surface area (Å²) >= 11 is 0. The third-order valence-electron chi connectivity index (χ3n) is 5.00. The van der Waals surface area contributed by atoms with E-state index in [0.29, 0.717) is 0 Å². The number of nitrogens with zero attached hydrogens (tertiary/aromatic N) is 3. The standard InChI is InChI=1S/C17H41N3O2Si/c1-10-18(4)13-17(14-19(5)11-2,15-20(6)12-3)16-23(9,21-7)22-8/h10-16H2,1-9H3. The smallest absolute Gasteiger partial charge is 0.335 e. The fourth-order valence-corrected chi connectivity index (χ4v) is 5.43. The molecule has 0 rings (SSSR count). The highest BCUT2D eigenvalue weighted by Crippen LogP contribution is 2.33. The van der Waals surface area contributed by atoms with E-state index in [9.17, 15) is 0 Å². The zero-order valence-corrected chi connectivity index (χ0v) is 18.1. The van der Waals surface area contributed by atoms with E-state index in [1.54, 1.807) is 14.2 Å². The highest BCUT2D eigenvalue weighted by molar-refractivity contribution is 6.66. The first-order chi connectivity index (χ1) is 10.7. The Morgan fingerprint density at radius 3 is 1.26 bits per heavy atom. The summed E-state index contributed by atoms with van der Waals surface area (Å²) in [5.41, 5.74) is 0.146. The van der Waals surface area contributed by atoms with Crippen LogP contribution in [0.2, 0.25) is 12.6 Å². The first kappa shape index (κ1) is 23.0. The van der Waals surface area contributed by atoms with Crippen LogP contribution in [0.25, 0.3) is 0 Å². The van der Waals surface area contributed by atoms with Crippen molar-refractivity contribution in [2.24, 2.45) is 5.41 Å². The number of hydrogen-bond acceptors (Lipinski definition) is 5. The molecule has 0 aromatic rings. The van der Waals surface area contributed by atoms with Crippen molar-refractivity contribution in [3.8, 4) is 0 Å². The molecule has 140 valence electrons. The molecule has 23 heavy (non-hydrogen) atoms. The average molecular weight is 348 g/mol. The molecular formula is C17H41N3O2Si. The fraction of sp³-hybridized carbons (Fsp3) is 1.00. The van der Waals surface area contributed by atoms with Crippen molar-refractivity contribution in [1.82, 2.24) is 14.7 Å². The maximum atomic E-state index is 5.85. The number of hydrogen-bond donors (Lipinski definition) is 0. The Morgan fingerprint density at radius 1 is 0.739 bits per heavy atom. The summed E-state index contributed by atoms with van der Waals surface area (Å²) in [4.78, 5) is 7.27. The lowest BCUT2D eigenvalue weighted by atomic mass is 9.88. The van der Waals surface area contributed by atoms with Gasteiger partial charge in [-0.05, 0) is 47.3 Å². The van der Waals surface area contributed by atoms with Gasteiger partial charge in [0.25, 0.3) is 0 Å². The summed E-state index contributed by atoms with van der Waals surface area (Å²) in [5, 5.41) is 0. The fourth-order valence-electron chi connectivity index (χ4n) is 3.28. The van der Waals surface area contributed by atoms with E-state index in [-0.39, 0.29) is 5.41 Å². The van der Waals surface area contributed by atoms with Gasteiger partial charge in [0, 0.05) is 45.3 Å². The largest absolute Gasteiger partial charge is 0.398 e. The molecule has 0 N–H and O–H groups in total. The minimum absolute atomic E-state index is 0.146. The van der Waals surface area contributed by atoms with Gasteiger partial charge < -0.3 is 23.6 Å². The Labute approximate surface area is 146 Å². The molecule has 0 unspecified atom stereocenters. The normalized spacial score (nSPS) is 13.6. The minimum Gasteiger partial charge on any atom is -0.398 e. The Kier molecular flexibility index (Phi) is 10.8. The summed E-state index contributed by atoms with van der Waals surface area (Å²) < 4.78 is 11.7. The molecule has 0 spiro atoms. The van der Waals surface area contributed by atoms with Crippen molar-refractivity contribution in [2.75, 3.05) is 74.6 Å². The van der Waals surface area contributed by atoms with Gasteiger partial charge in [0.05, 0.1) is 0 Å². The molecule has 0 aliphatic rings. The quantitative estimate of drug-likeness (QED) is 0.476. The molecule has 0 radical (unpaired) electrons. The van der Waals surface area contributed by atoms with Crippen molar-refractivity contribution in [2.45, 2.75) is 33.4 Å². The summed E-state index contributed by atoms with van der Waals surface area (Å²) in [6.07, 6.45) is 0. The molecule has 0 aromatic heterocycles. The van der Waals surface area contributed by atoms with Crippen LogP contribution in [-0.2, 0) is 8.85 Å². The van der Waals surface area contributed by atoms with Gasteiger partial charge in [-0.1, -0.05) is 20.8 Å². The maximum absolute atomic E-state index is 5.85. The maximum Gasteiger partial charge on any atom is 0.335 e. The van der Waals surface area contributed by atoms with Crippen molar-refractivity contribution < 1.29 is 8.85 Å². The molecule has 0 atom stereocenters. The van der Waals surface area contributed by atoms with Crippen LogP contribution in [0.15, 0.2) is 0 Å². The van der Waals surface area contributed by atoms with Crippen LogP contribution in [0, 0.1) is 5.41 Å². The monoisotopic (exact) mass is 347 g/mol. The number of rotatable bonds is 13. The van der Waals surface area contributed by atoms with Gasteiger partial charge >= 0.3 is 8.56 Å². The lowest BCUT2D eigenvalue weighted by Gasteiger charge is -2.45. The first-order valence-corrected chi connectivity index (χ1v) is 11.4. The molecule has 0 aliphatic heterocycles. The van der Waals surface area contributed by atoms with Gasteiger partial charge in [0.15, 0.2) is 0 Å². The second-order valence-electron chi connectivity index (χ2n) is 7.21. The van der Waals surface area contributed by atoms with Crippen LogP contribution in [0.1, 0.15) is 20.8 Å². The molecule has 0 heterocycles. The van der Waals surface area contributed by atoms with Crippen molar-refractivity contribution in [3.05, 3.63) is 0 Å². The lowest BCUT2D eigenvalue weighted by Crippen LogP contribution is -2.55. The van der Waals surface area contributed by atoms with E-state index in [4.69, 9.17) is 8.85 Å². The average Bonchev–Trinajstić information content (AvgIpc) is 2.53. The van der Waals surface area contributed by atoms with Gasteiger partial charge in [0.1, 0.15) is 0 Å². The first-order valence-electron chi connectivity index (χ1n) is 8.85.